The molecular weight excluding hydrogens is 412 g/mol. The number of rotatable bonds is 1. The van der Waals surface area contributed by atoms with Gasteiger partial charge in [-0.25, -0.2) is 0 Å². The van der Waals surface area contributed by atoms with Crippen molar-refractivity contribution in [3.63, 3.8) is 0 Å². The first-order chi connectivity index (χ1) is 15.2. The average Bonchev–Trinajstić information content (AvgIpc) is 2.75. The summed E-state index contributed by atoms with van der Waals surface area (Å²) in [6.45, 7) is 13.2. The topological polar surface area (TPSA) is 77.8 Å². The lowest BCUT2D eigenvalue weighted by Gasteiger charge is -2.66. The number of hydrogen-bond donors (Lipinski definition) is 3. The van der Waals surface area contributed by atoms with Crippen molar-refractivity contribution in [3.05, 3.63) is 40.5 Å². The van der Waals surface area contributed by atoms with Crippen LogP contribution in [0.5, 0.6) is 11.5 Å². The van der Waals surface area contributed by atoms with E-state index in [4.69, 9.17) is 0 Å². The van der Waals surface area contributed by atoms with Gasteiger partial charge in [0.1, 0.15) is 0 Å². The van der Waals surface area contributed by atoms with Gasteiger partial charge in [-0.1, -0.05) is 51.5 Å². The SMILES string of the molecule is Cc1c(O)c(O)cc2c1C=C[C@@]1(C)C3=CCC4(C)CC[C@@](C)(C(=O)O)CC4[C@]3(C)CCC21C. The number of phenolic OH excluding ortho intramolecular Hbond substituents is 2. The van der Waals surface area contributed by atoms with E-state index in [-0.39, 0.29) is 33.2 Å². The Kier molecular flexibility index (Phi) is 4.41. The lowest BCUT2D eigenvalue weighted by molar-refractivity contribution is -0.157. The number of fused-ring (bicyclic) bond motifs is 7. The molecule has 1 aromatic rings. The maximum Gasteiger partial charge on any atom is 0.309 e. The first-order valence-electron chi connectivity index (χ1n) is 12.4. The smallest absolute Gasteiger partial charge is 0.309 e. The van der Waals surface area contributed by atoms with Gasteiger partial charge in [0.15, 0.2) is 11.5 Å². The third kappa shape index (κ3) is 2.61. The number of hydrogen-bond acceptors (Lipinski definition) is 3. The van der Waals surface area contributed by atoms with E-state index in [1.807, 2.05) is 13.8 Å². The maximum atomic E-state index is 12.2. The van der Waals surface area contributed by atoms with Gasteiger partial charge < -0.3 is 15.3 Å². The summed E-state index contributed by atoms with van der Waals surface area (Å²) >= 11 is 0. The Labute approximate surface area is 197 Å². The van der Waals surface area contributed by atoms with E-state index in [1.54, 1.807) is 6.07 Å². The lowest BCUT2D eigenvalue weighted by atomic mass is 9.37. The van der Waals surface area contributed by atoms with Gasteiger partial charge in [-0.2, -0.15) is 0 Å². The summed E-state index contributed by atoms with van der Waals surface area (Å²) in [5, 5.41) is 30.9. The van der Waals surface area contributed by atoms with Crippen molar-refractivity contribution in [2.45, 2.75) is 85.5 Å². The molecule has 3 unspecified atom stereocenters. The molecule has 4 aliphatic carbocycles. The molecule has 3 N–H and O–H groups in total. The van der Waals surface area contributed by atoms with Crippen LogP contribution in [-0.2, 0) is 10.2 Å². The van der Waals surface area contributed by atoms with Gasteiger partial charge >= 0.3 is 5.97 Å². The van der Waals surface area contributed by atoms with E-state index in [1.165, 1.54) is 5.57 Å². The number of carbonyl (C=O) groups is 1. The van der Waals surface area contributed by atoms with Crippen molar-refractivity contribution < 1.29 is 20.1 Å². The predicted octanol–water partition coefficient (Wildman–Crippen LogP) is 6.72. The third-order valence-corrected chi connectivity index (χ3v) is 11.0. The van der Waals surface area contributed by atoms with E-state index in [0.29, 0.717) is 5.92 Å². The van der Waals surface area contributed by atoms with E-state index in [2.05, 4.69) is 45.9 Å². The maximum absolute atomic E-state index is 12.2. The Hall–Kier alpha value is -2.23. The van der Waals surface area contributed by atoms with Crippen LogP contribution in [0.25, 0.3) is 6.08 Å². The number of carboxylic acids is 1. The fourth-order valence-electron chi connectivity index (χ4n) is 8.32. The van der Waals surface area contributed by atoms with Crippen LogP contribution in [0.15, 0.2) is 23.8 Å². The molecule has 0 bridgehead atoms. The lowest BCUT2D eigenvalue weighted by Crippen LogP contribution is -2.59. The Morgan fingerprint density at radius 3 is 2.39 bits per heavy atom. The Morgan fingerprint density at radius 2 is 1.73 bits per heavy atom. The minimum Gasteiger partial charge on any atom is -0.504 e. The van der Waals surface area contributed by atoms with Gasteiger partial charge in [0.05, 0.1) is 5.41 Å². The molecule has 5 rings (SSSR count). The fourth-order valence-corrected chi connectivity index (χ4v) is 8.32. The summed E-state index contributed by atoms with van der Waals surface area (Å²) in [7, 11) is 0. The van der Waals surface area contributed by atoms with E-state index in [9.17, 15) is 20.1 Å². The number of benzene rings is 1. The molecule has 0 aromatic heterocycles. The van der Waals surface area contributed by atoms with Crippen LogP contribution in [0.2, 0.25) is 0 Å². The Balaban J connectivity index is 1.66. The van der Waals surface area contributed by atoms with E-state index < -0.39 is 11.4 Å². The molecular formula is C29H38O4. The monoisotopic (exact) mass is 450 g/mol. The van der Waals surface area contributed by atoms with Crippen LogP contribution in [-0.4, -0.2) is 21.3 Å². The highest BCUT2D eigenvalue weighted by molar-refractivity contribution is 5.75. The van der Waals surface area contributed by atoms with E-state index >= 15 is 0 Å². The summed E-state index contributed by atoms with van der Waals surface area (Å²) in [4.78, 5) is 12.2. The fraction of sp³-hybridized carbons (Fsp3) is 0.621. The molecule has 0 saturated heterocycles. The molecule has 2 saturated carbocycles. The second-order valence-electron chi connectivity index (χ2n) is 12.7. The largest absolute Gasteiger partial charge is 0.504 e. The summed E-state index contributed by atoms with van der Waals surface area (Å²) in [6, 6.07) is 1.78. The average molecular weight is 451 g/mol. The van der Waals surface area contributed by atoms with Crippen molar-refractivity contribution in [1.82, 2.24) is 0 Å². The first-order valence-corrected chi connectivity index (χ1v) is 12.4. The summed E-state index contributed by atoms with van der Waals surface area (Å²) in [5.41, 5.74) is 3.26. The molecule has 0 amide bonds. The van der Waals surface area contributed by atoms with Crippen molar-refractivity contribution >= 4 is 12.0 Å². The van der Waals surface area contributed by atoms with Crippen LogP contribution in [0.3, 0.4) is 0 Å². The number of allylic oxidation sites excluding steroid dienone is 3. The van der Waals surface area contributed by atoms with Gasteiger partial charge in [-0.15, -0.1) is 0 Å². The molecule has 178 valence electrons. The summed E-state index contributed by atoms with van der Waals surface area (Å²) in [6.07, 6.45) is 12.3. The molecule has 4 aliphatic rings. The van der Waals surface area contributed by atoms with Gasteiger partial charge in [-0.05, 0) is 86.3 Å². The molecule has 1 aromatic carbocycles. The summed E-state index contributed by atoms with van der Waals surface area (Å²) in [5.74, 6) is -0.415. The minimum absolute atomic E-state index is 0.0333. The van der Waals surface area contributed by atoms with Crippen molar-refractivity contribution in [2.75, 3.05) is 0 Å². The predicted molar refractivity (Wildman–Crippen MR) is 130 cm³/mol. The molecule has 0 aliphatic heterocycles. The highest BCUT2D eigenvalue weighted by Crippen LogP contribution is 2.72. The van der Waals surface area contributed by atoms with Crippen LogP contribution < -0.4 is 0 Å². The first kappa shape index (κ1) is 22.6. The molecule has 6 atom stereocenters. The molecule has 2 fully saturated rings. The van der Waals surface area contributed by atoms with E-state index in [0.717, 1.165) is 55.2 Å². The zero-order chi connectivity index (χ0) is 24.2. The molecule has 0 heterocycles. The highest BCUT2D eigenvalue weighted by atomic mass is 16.4. The van der Waals surface area contributed by atoms with Gasteiger partial charge in [-0.3, -0.25) is 4.79 Å². The molecule has 0 spiro atoms. The number of carboxylic acid groups (broad SMARTS) is 1. The van der Waals surface area contributed by atoms with Crippen molar-refractivity contribution in [3.8, 4) is 11.5 Å². The highest BCUT2D eigenvalue weighted by Gasteiger charge is 2.64. The van der Waals surface area contributed by atoms with Crippen LogP contribution >= 0.6 is 0 Å². The normalized spacial score (nSPS) is 43.6. The van der Waals surface area contributed by atoms with Gasteiger partial charge in [0.25, 0.3) is 0 Å². The minimum atomic E-state index is -0.660. The van der Waals surface area contributed by atoms with Gasteiger partial charge in [0.2, 0.25) is 0 Å². The molecule has 4 nitrogen and oxygen atoms in total. The quantitative estimate of drug-likeness (QED) is 0.328. The number of aromatic hydroxyl groups is 2. The Bertz CT molecular complexity index is 1130. The van der Waals surface area contributed by atoms with Crippen molar-refractivity contribution in [2.24, 2.45) is 27.6 Å². The van der Waals surface area contributed by atoms with Crippen molar-refractivity contribution in [1.29, 1.82) is 0 Å². The Morgan fingerprint density at radius 1 is 1.03 bits per heavy atom. The van der Waals surface area contributed by atoms with Crippen LogP contribution in [0.4, 0.5) is 0 Å². The zero-order valence-corrected chi connectivity index (χ0v) is 20.9. The summed E-state index contributed by atoms with van der Waals surface area (Å²) < 4.78 is 0. The standard InChI is InChI=1S/C29H38O4/c1-17-18-7-10-29(6)21-8-9-25(2)11-12-26(3,24(32)33)16-22(25)27(21,4)13-14-28(29,5)19(18)15-20(30)23(17)31/h7-8,10,15,22,30-31H,9,11-14,16H2,1-6H3,(H,32,33)/t22?,25?,26-,27-,28?,29+/m1/s1. The van der Waals surface area contributed by atoms with Crippen LogP contribution in [0.1, 0.15) is 89.8 Å². The van der Waals surface area contributed by atoms with Gasteiger partial charge in [0, 0.05) is 16.4 Å². The number of phenols is 2. The molecule has 4 heteroatoms. The zero-order valence-electron chi connectivity index (χ0n) is 20.9. The second-order valence-corrected chi connectivity index (χ2v) is 12.7. The number of aliphatic carboxylic acids is 1. The molecule has 33 heavy (non-hydrogen) atoms. The van der Waals surface area contributed by atoms with Crippen LogP contribution in [0, 0.1) is 34.5 Å². The molecule has 0 radical (unpaired) electrons. The third-order valence-electron chi connectivity index (χ3n) is 11.0. The second kappa shape index (κ2) is 6.46.